The zero-order valence-corrected chi connectivity index (χ0v) is 46.5. The maximum atomic E-state index is 14.3. The fourth-order valence-corrected chi connectivity index (χ4v) is 12.2. The molecule has 3 aliphatic heterocycles. The zero-order valence-electron chi connectivity index (χ0n) is 44.1. The lowest BCUT2D eigenvalue weighted by molar-refractivity contribution is -0.131. The number of carbonyl (C=O) groups excluding carboxylic acids is 2. The van der Waals surface area contributed by atoms with Crippen molar-refractivity contribution in [3.05, 3.63) is 130 Å². The van der Waals surface area contributed by atoms with Crippen molar-refractivity contribution in [1.82, 2.24) is 34.5 Å². The number of nitrogens with one attached hydrogen (secondary N) is 3. The Kier molecular flexibility index (Phi) is 18.3. The molecule has 0 spiro atoms. The van der Waals surface area contributed by atoms with Crippen LogP contribution in [0.25, 0.3) is 10.8 Å². The molecule has 2 atom stereocenters. The summed E-state index contributed by atoms with van der Waals surface area (Å²) in [5, 5.41) is 18.0. The number of nitrogens with zero attached hydrogens (tertiary/aromatic N) is 9. The van der Waals surface area contributed by atoms with Gasteiger partial charge in [0.25, 0.3) is 11.8 Å². The minimum Gasteiger partial charge on any atom is -0.462 e. The average molecular weight is 1160 g/mol. The number of piperazine rings is 1. The number of hydrogen-bond acceptors (Lipinski definition) is 15. The second-order valence-electron chi connectivity index (χ2n) is 20.1. The van der Waals surface area contributed by atoms with Gasteiger partial charge in [-0.15, -0.1) is 0 Å². The molecule has 6 aromatic rings. The minimum atomic E-state index is -3.75. The first-order valence-corrected chi connectivity index (χ1v) is 29.0. The van der Waals surface area contributed by atoms with Crippen LogP contribution in [0.2, 0.25) is 0 Å². The highest BCUT2D eigenvalue weighted by Crippen LogP contribution is 2.37. The Morgan fingerprint density at radius 3 is 2.44 bits per heavy atom. The molecule has 9 rings (SSSR count). The number of hydrogen-bond donors (Lipinski definition) is 4. The third kappa shape index (κ3) is 13.6. The molecule has 3 aliphatic rings. The van der Waals surface area contributed by atoms with Crippen molar-refractivity contribution >= 4 is 83.2 Å². The Labute approximate surface area is 467 Å². The number of ether oxygens (including phenoxy) is 1. The van der Waals surface area contributed by atoms with E-state index in [9.17, 15) is 32.0 Å². The number of nitriles is 1. The molecule has 18 nitrogen and oxygen atoms in total. The van der Waals surface area contributed by atoms with Crippen molar-refractivity contribution in [3.8, 4) is 12.1 Å². The number of likely N-dealkylation sites (tertiary alicyclic amines) is 1. The number of amides is 2. The molecule has 22 heteroatoms. The molecular weight excluding hydrogens is 1100 g/mol. The standard InChI is InChI=1S/C57H64BrF2N13O5S/c1-37-13-9-14-39-15-10-19-49(50(37)39)71-30-25-44-48(35-71)67-57(69-54(44)72-31-32-73(55(75)38(2)59)41(34-72)24-26-61)78-36-42-16-12-29-70(42)28-8-6-4-3-5-7-27-64-79(76,77)43-22-20-40(21-23-43)65-56-63-33-45(58)53(68-56)66-47-18-11-17-46(60)51(47)52(62)74/h9-11,13-15,17-23,33,41-42,64H,2-8,12,16,24-25,27-32,34-36H2,1H3,(H2,62,74)(H2,63,65,66,68)/t41-,42-/m0/s1. The molecule has 2 saturated heterocycles. The van der Waals surface area contributed by atoms with Gasteiger partial charge in [0.15, 0.2) is 5.83 Å². The van der Waals surface area contributed by atoms with Gasteiger partial charge in [0.1, 0.15) is 24.1 Å². The molecule has 0 radical (unpaired) electrons. The molecule has 414 valence electrons. The predicted molar refractivity (Wildman–Crippen MR) is 304 cm³/mol. The van der Waals surface area contributed by atoms with E-state index in [0.29, 0.717) is 61.8 Å². The van der Waals surface area contributed by atoms with Gasteiger partial charge in [-0.05, 0) is 121 Å². The van der Waals surface area contributed by atoms with Crippen LogP contribution in [0.5, 0.6) is 6.01 Å². The molecule has 2 fully saturated rings. The largest absolute Gasteiger partial charge is 0.462 e. The van der Waals surface area contributed by atoms with Crippen LogP contribution in [-0.2, 0) is 27.8 Å². The molecule has 2 amide bonds. The van der Waals surface area contributed by atoms with Crippen LogP contribution in [0, 0.1) is 24.1 Å². The molecule has 0 bridgehead atoms. The summed E-state index contributed by atoms with van der Waals surface area (Å²) in [7, 11) is -3.75. The van der Waals surface area contributed by atoms with Gasteiger partial charge in [-0.3, -0.25) is 14.5 Å². The van der Waals surface area contributed by atoms with Gasteiger partial charge in [-0.1, -0.05) is 68.7 Å². The number of rotatable bonds is 23. The molecule has 0 saturated carbocycles. The average Bonchev–Trinajstić information content (AvgIpc) is 4.02. The van der Waals surface area contributed by atoms with E-state index in [-0.39, 0.29) is 46.9 Å². The number of benzene rings is 4. The fourth-order valence-electron chi connectivity index (χ4n) is 10.8. The smallest absolute Gasteiger partial charge is 0.318 e. The number of aryl methyl sites for hydroxylation is 1. The Morgan fingerprint density at radius 1 is 0.911 bits per heavy atom. The fraction of sp³-hybridized carbons (Fsp3) is 0.386. The second-order valence-corrected chi connectivity index (χ2v) is 22.7. The molecule has 5 N–H and O–H groups in total. The van der Waals surface area contributed by atoms with Crippen molar-refractivity contribution in [3.63, 3.8) is 0 Å². The summed E-state index contributed by atoms with van der Waals surface area (Å²) >= 11 is 3.36. The minimum absolute atomic E-state index is 0.0435. The number of primary amides is 1. The van der Waals surface area contributed by atoms with Gasteiger partial charge in [0.05, 0.1) is 51.4 Å². The Bertz CT molecular complexity index is 3360. The number of halogens is 3. The van der Waals surface area contributed by atoms with Crippen LogP contribution in [0.1, 0.15) is 85.0 Å². The molecule has 2 aromatic heterocycles. The number of unbranched alkanes of at least 4 members (excludes halogenated alkanes) is 5. The molecular formula is C57H64BrF2N13O5S. The highest BCUT2D eigenvalue weighted by molar-refractivity contribution is 9.10. The van der Waals surface area contributed by atoms with E-state index in [1.165, 1.54) is 51.7 Å². The number of aromatic nitrogens is 4. The van der Waals surface area contributed by atoms with Gasteiger partial charge in [0.2, 0.25) is 16.0 Å². The highest BCUT2D eigenvalue weighted by Gasteiger charge is 2.35. The number of anilines is 6. The van der Waals surface area contributed by atoms with Crippen LogP contribution in [0.4, 0.5) is 43.4 Å². The summed E-state index contributed by atoms with van der Waals surface area (Å²) in [5.41, 5.74) is 9.98. The quantitative estimate of drug-likeness (QED) is 0.0346. The first kappa shape index (κ1) is 56.4. The molecule has 0 unspecified atom stereocenters. The lowest BCUT2D eigenvalue weighted by atomic mass is 9.99. The topological polar surface area (TPSA) is 228 Å². The van der Waals surface area contributed by atoms with Gasteiger partial charge in [-0.2, -0.15) is 20.2 Å². The van der Waals surface area contributed by atoms with Gasteiger partial charge in [0, 0.05) is 67.3 Å². The lowest BCUT2D eigenvalue weighted by Gasteiger charge is -2.42. The molecule has 79 heavy (non-hydrogen) atoms. The summed E-state index contributed by atoms with van der Waals surface area (Å²) in [5.74, 6) is -2.40. The third-order valence-electron chi connectivity index (χ3n) is 14.8. The summed E-state index contributed by atoms with van der Waals surface area (Å²) in [6.45, 7) is 10.3. The first-order chi connectivity index (χ1) is 38.2. The SMILES string of the molecule is C=C(F)C(=O)N1CCN(c2nc(OC[C@@H]3CCCN3CCCCCCCCNS(=O)(=O)c3ccc(Nc4ncc(Br)c(Nc5cccc(F)c5C(N)=O)n4)cc3)nc3c2CCN(c2cccc4cccc(C)c24)C3)C[C@@H]1CC#N. The van der Waals surface area contributed by atoms with E-state index in [0.717, 1.165) is 93.4 Å². The third-order valence-corrected chi connectivity index (χ3v) is 16.9. The van der Waals surface area contributed by atoms with Crippen molar-refractivity contribution in [2.75, 3.05) is 72.9 Å². The summed E-state index contributed by atoms with van der Waals surface area (Å²) in [6.07, 6.45) is 9.97. The van der Waals surface area contributed by atoms with Crippen LogP contribution < -0.4 is 35.6 Å². The van der Waals surface area contributed by atoms with Gasteiger partial charge >= 0.3 is 6.01 Å². The Morgan fingerprint density at radius 2 is 1.67 bits per heavy atom. The molecule has 5 heterocycles. The number of carbonyl (C=O) groups is 2. The number of fused-ring (bicyclic) bond motifs is 2. The van der Waals surface area contributed by atoms with Gasteiger partial charge < -0.3 is 35.8 Å². The van der Waals surface area contributed by atoms with Crippen LogP contribution >= 0.6 is 15.9 Å². The van der Waals surface area contributed by atoms with E-state index < -0.39 is 39.5 Å². The second kappa shape index (κ2) is 25.6. The van der Waals surface area contributed by atoms with E-state index >= 15 is 0 Å². The number of nitrogens with two attached hydrogens (primary N) is 1. The Balaban J connectivity index is 0.738. The summed E-state index contributed by atoms with van der Waals surface area (Å²) in [4.78, 5) is 52.0. The predicted octanol–water partition coefficient (Wildman–Crippen LogP) is 9.36. The Hall–Kier alpha value is -7.32. The van der Waals surface area contributed by atoms with Crippen molar-refractivity contribution in [1.29, 1.82) is 5.26 Å². The van der Waals surface area contributed by atoms with E-state index in [1.54, 1.807) is 12.1 Å². The molecule has 4 aromatic carbocycles. The maximum absolute atomic E-state index is 14.3. The first-order valence-electron chi connectivity index (χ1n) is 26.7. The maximum Gasteiger partial charge on any atom is 0.318 e. The number of sulfonamides is 1. The zero-order chi connectivity index (χ0) is 55.6. The van der Waals surface area contributed by atoms with Crippen molar-refractivity contribution in [2.45, 2.75) is 94.7 Å². The van der Waals surface area contributed by atoms with Crippen LogP contribution in [0.3, 0.4) is 0 Å². The van der Waals surface area contributed by atoms with E-state index in [4.69, 9.17) is 20.4 Å². The summed E-state index contributed by atoms with van der Waals surface area (Å²) < 4.78 is 64.4. The van der Waals surface area contributed by atoms with Crippen molar-refractivity contribution < 1.29 is 31.5 Å². The van der Waals surface area contributed by atoms with Gasteiger partial charge in [-0.25, -0.2) is 26.9 Å². The molecule has 0 aliphatic carbocycles. The summed E-state index contributed by atoms with van der Waals surface area (Å²) in [6, 6.07) is 25.1. The highest BCUT2D eigenvalue weighted by atomic mass is 79.9. The lowest BCUT2D eigenvalue weighted by Crippen LogP contribution is -2.55. The van der Waals surface area contributed by atoms with E-state index in [1.807, 2.05) is 0 Å². The monoisotopic (exact) mass is 1160 g/mol. The van der Waals surface area contributed by atoms with E-state index in [2.05, 4.69) is 112 Å². The van der Waals surface area contributed by atoms with Crippen LogP contribution in [-0.4, -0.2) is 114 Å². The normalized spacial score (nSPS) is 16.6. The van der Waals surface area contributed by atoms with Crippen LogP contribution in [0.15, 0.2) is 107 Å². The van der Waals surface area contributed by atoms with Crippen molar-refractivity contribution in [2.24, 2.45) is 5.73 Å².